The lowest BCUT2D eigenvalue weighted by Gasteiger charge is -2.20. The summed E-state index contributed by atoms with van der Waals surface area (Å²) < 4.78 is 19.9. The van der Waals surface area contributed by atoms with Crippen molar-refractivity contribution in [3.05, 3.63) is 107 Å². The summed E-state index contributed by atoms with van der Waals surface area (Å²) in [7, 11) is 7.19. The molecule has 6 rings (SSSR count). The molecule has 1 fully saturated rings. The Kier molecular flexibility index (Phi) is 26.0. The molecule has 0 bridgehead atoms. The van der Waals surface area contributed by atoms with Crippen molar-refractivity contribution in [2.45, 2.75) is 99.5 Å². The Morgan fingerprint density at radius 2 is 1.67 bits per heavy atom. The molecule has 0 radical (unpaired) electrons. The first-order chi connectivity index (χ1) is 32.3. The van der Waals surface area contributed by atoms with Gasteiger partial charge < -0.3 is 44.6 Å². The van der Waals surface area contributed by atoms with Crippen LogP contribution in [0.15, 0.2) is 89.7 Å². The molecule has 2 aliphatic rings. The number of carbonyl (C=O) groups is 4. The molecule has 2 amide bonds. The van der Waals surface area contributed by atoms with E-state index < -0.39 is 5.97 Å². The third-order valence-corrected chi connectivity index (χ3v) is 10.5. The van der Waals surface area contributed by atoms with Crippen LogP contribution in [0.5, 0.6) is 11.5 Å². The summed E-state index contributed by atoms with van der Waals surface area (Å²) >= 11 is 0. The van der Waals surface area contributed by atoms with Gasteiger partial charge in [0.05, 0.1) is 49.9 Å². The maximum atomic E-state index is 12.9. The van der Waals surface area contributed by atoms with Crippen LogP contribution in [0.2, 0.25) is 0 Å². The molecule has 1 atom stereocenters. The van der Waals surface area contributed by atoms with E-state index in [4.69, 9.17) is 19.9 Å². The van der Waals surface area contributed by atoms with E-state index >= 15 is 0 Å². The van der Waals surface area contributed by atoms with Crippen molar-refractivity contribution in [3.8, 4) is 22.6 Å². The molecule has 4 aromatic rings. The van der Waals surface area contributed by atoms with E-state index in [9.17, 15) is 19.2 Å². The fourth-order valence-electron chi connectivity index (χ4n) is 7.17. The number of amides is 2. The largest absolute Gasteiger partial charge is 0.493 e. The summed E-state index contributed by atoms with van der Waals surface area (Å²) in [6.07, 6.45) is 15.4. The molecule has 4 N–H and O–H groups in total. The summed E-state index contributed by atoms with van der Waals surface area (Å²) in [5.41, 5.74) is 14.4. The first-order valence-electron chi connectivity index (χ1n) is 23.6. The predicted octanol–water partition coefficient (Wildman–Crippen LogP) is 9.90. The lowest BCUT2D eigenvalue weighted by atomic mass is 10.1. The molecule has 1 unspecified atom stereocenters. The zero-order valence-corrected chi connectivity index (χ0v) is 42.0. The highest BCUT2D eigenvalue weighted by Gasteiger charge is 2.34. The predicted molar refractivity (Wildman–Crippen MR) is 273 cm³/mol. The highest BCUT2D eigenvalue weighted by Crippen LogP contribution is 2.38. The highest BCUT2D eigenvalue weighted by molar-refractivity contribution is 6.04. The number of nitrogens with two attached hydrogens (primary N) is 1. The Bertz CT molecular complexity index is 2240. The van der Waals surface area contributed by atoms with Gasteiger partial charge >= 0.3 is 5.97 Å². The summed E-state index contributed by atoms with van der Waals surface area (Å²) in [6, 6.07) is 15.3. The van der Waals surface area contributed by atoms with Gasteiger partial charge in [-0.05, 0) is 86.9 Å². The second-order valence-corrected chi connectivity index (χ2v) is 15.5. The van der Waals surface area contributed by atoms with E-state index in [0.29, 0.717) is 54.6 Å². The standard InChI is InChI=1S/C22H28N2O3.C18H24N4O3.C9H13NO.2C2H6/c1-5-7-15(2)8-6-9-27-21-12-19-18(11-20(21)26-4)22(25)24-14-16(3)10-17(24)13-23-19;1-20-15-6-4-13(5-7-15)14-10-16(22(2)12-14)18(24)21-8-3-9-25-17(23)11-19;1-3-4-8-5-9(7-11)10(2)6-8;2*1-2/h7,11-13,17H,3,5-6,8-10,14H2,1-2,4H3;4-7,10,12,20H,3,8-9,11,19H2,1-2H3,(H,21,24);5-7H,3-4H2,1-2H3;2*1-2H3/b15-7+;;;;. The fraction of sp³-hybridized carbons (Fsp3) is 0.453. The third-order valence-electron chi connectivity index (χ3n) is 10.5. The van der Waals surface area contributed by atoms with E-state index in [0.717, 1.165) is 72.9 Å². The number of allylic oxidation sites excluding steroid dienone is 2. The minimum atomic E-state index is -0.442. The van der Waals surface area contributed by atoms with Crippen LogP contribution in [-0.4, -0.2) is 97.4 Å². The third kappa shape index (κ3) is 17.7. The minimum absolute atomic E-state index is 0.0129. The van der Waals surface area contributed by atoms with Crippen LogP contribution in [0.1, 0.15) is 124 Å². The molecule has 366 valence electrons. The molecular formula is C53H77N7O7. The minimum Gasteiger partial charge on any atom is -0.493 e. The Labute approximate surface area is 399 Å². The number of esters is 1. The lowest BCUT2D eigenvalue weighted by Crippen LogP contribution is -2.35. The van der Waals surface area contributed by atoms with Crippen molar-refractivity contribution in [1.29, 1.82) is 0 Å². The number of aliphatic imine (C=N–C) groups is 1. The second kappa shape index (κ2) is 30.7. The number of ether oxygens (including phenoxy) is 3. The van der Waals surface area contributed by atoms with Gasteiger partial charge in [-0.3, -0.25) is 24.2 Å². The summed E-state index contributed by atoms with van der Waals surface area (Å²) in [6.45, 7) is 20.1. The van der Waals surface area contributed by atoms with Crippen LogP contribution in [0, 0.1) is 0 Å². The number of benzene rings is 2. The Hall–Kier alpha value is -6.41. The highest BCUT2D eigenvalue weighted by atomic mass is 16.5. The fourth-order valence-corrected chi connectivity index (χ4v) is 7.17. The van der Waals surface area contributed by atoms with Crippen LogP contribution in [0.3, 0.4) is 0 Å². The number of fused-ring (bicyclic) bond motifs is 2. The Morgan fingerprint density at radius 3 is 2.28 bits per heavy atom. The Morgan fingerprint density at radius 1 is 0.955 bits per heavy atom. The molecule has 14 heteroatoms. The van der Waals surface area contributed by atoms with E-state index in [1.807, 2.05) is 119 Å². The van der Waals surface area contributed by atoms with Crippen LogP contribution in [0.4, 0.5) is 11.4 Å². The molecule has 67 heavy (non-hydrogen) atoms. The van der Waals surface area contributed by atoms with Crippen LogP contribution >= 0.6 is 0 Å². The van der Waals surface area contributed by atoms with E-state index in [-0.39, 0.29) is 31.0 Å². The summed E-state index contributed by atoms with van der Waals surface area (Å²) in [5.74, 6) is 0.559. The van der Waals surface area contributed by atoms with Gasteiger partial charge in [0.15, 0.2) is 17.8 Å². The number of anilines is 1. The van der Waals surface area contributed by atoms with Crippen LogP contribution in [-0.2, 0) is 30.0 Å². The van der Waals surface area contributed by atoms with Crippen molar-refractivity contribution >= 4 is 41.7 Å². The monoisotopic (exact) mass is 924 g/mol. The van der Waals surface area contributed by atoms with Crippen LogP contribution < -0.4 is 25.8 Å². The zero-order chi connectivity index (χ0) is 49.9. The number of nitrogens with one attached hydrogen (secondary N) is 2. The number of rotatable bonds is 18. The van der Waals surface area contributed by atoms with E-state index in [1.165, 1.54) is 11.1 Å². The quantitative estimate of drug-likeness (QED) is 0.0380. The number of carbonyl (C=O) groups excluding carboxylic acids is 4. The van der Waals surface area contributed by atoms with Crippen molar-refractivity contribution in [3.63, 3.8) is 0 Å². The van der Waals surface area contributed by atoms with Gasteiger partial charge in [0, 0.05) is 70.2 Å². The number of hydrogen-bond donors (Lipinski definition) is 3. The maximum Gasteiger partial charge on any atom is 0.319 e. The van der Waals surface area contributed by atoms with E-state index in [1.54, 1.807) is 17.7 Å². The SMILES string of the molecule is C=C1CC2C=Nc3cc(OCCC/C(C)=C/CC)c(OC)cc3C(=O)N2C1.CC.CC.CCCc1cc(C=O)n(C)c1.CNc1ccc(-c2cc(C(=O)NCCCOC(=O)CN)n(C)c2)cc1. The smallest absolute Gasteiger partial charge is 0.319 e. The number of methoxy groups -OCH3 is 1. The van der Waals surface area contributed by atoms with Gasteiger partial charge in [-0.2, -0.15) is 0 Å². The first kappa shape index (κ1) is 56.7. The second-order valence-electron chi connectivity index (χ2n) is 15.5. The Balaban J connectivity index is 0.000000356. The van der Waals surface area contributed by atoms with Gasteiger partial charge in [0.2, 0.25) is 0 Å². The van der Waals surface area contributed by atoms with Gasteiger partial charge in [0.1, 0.15) is 5.69 Å². The van der Waals surface area contributed by atoms with Crippen molar-refractivity contribution in [1.82, 2.24) is 19.4 Å². The van der Waals surface area contributed by atoms with Gasteiger partial charge in [-0.25, -0.2) is 0 Å². The van der Waals surface area contributed by atoms with E-state index in [2.05, 4.69) is 49.1 Å². The number of aryl methyl sites for hydroxylation is 3. The molecule has 14 nitrogen and oxygen atoms in total. The lowest BCUT2D eigenvalue weighted by molar-refractivity contribution is -0.141. The maximum absolute atomic E-state index is 12.9. The van der Waals surface area contributed by atoms with Crippen molar-refractivity contribution in [2.24, 2.45) is 24.8 Å². The number of hydrogen-bond acceptors (Lipinski definition) is 10. The molecular weight excluding hydrogens is 847 g/mol. The molecule has 1 saturated heterocycles. The molecule has 2 aromatic carbocycles. The van der Waals surface area contributed by atoms with Crippen molar-refractivity contribution < 1.29 is 33.4 Å². The first-order valence-corrected chi connectivity index (χ1v) is 23.6. The van der Waals surface area contributed by atoms with Gasteiger partial charge in [-0.15, -0.1) is 0 Å². The van der Waals surface area contributed by atoms with Gasteiger partial charge in [-0.1, -0.05) is 83.9 Å². The molecule has 0 spiro atoms. The molecule has 4 heterocycles. The zero-order valence-electron chi connectivity index (χ0n) is 42.0. The van der Waals surface area contributed by atoms with Gasteiger partial charge in [0.25, 0.3) is 11.8 Å². The molecule has 0 aliphatic carbocycles. The average molecular weight is 924 g/mol. The average Bonchev–Trinajstić information content (AvgIpc) is 4.03. The number of aromatic nitrogens is 2. The number of nitrogens with zero attached hydrogens (tertiary/aromatic N) is 4. The summed E-state index contributed by atoms with van der Waals surface area (Å²) in [4.78, 5) is 52.9. The summed E-state index contributed by atoms with van der Waals surface area (Å²) in [5, 5.41) is 5.90. The molecule has 2 aliphatic heterocycles. The van der Waals surface area contributed by atoms with Crippen LogP contribution in [0.25, 0.3) is 11.1 Å². The number of aldehydes is 1. The normalized spacial score (nSPS) is 13.3. The molecule has 2 aromatic heterocycles. The topological polar surface area (TPSA) is 172 Å². The van der Waals surface area contributed by atoms with Crippen molar-refractivity contribution in [2.75, 3.05) is 52.3 Å². The molecule has 0 saturated carbocycles.